The van der Waals surface area contributed by atoms with Gasteiger partial charge in [-0.2, -0.15) is 17.9 Å². The standard InChI is InChI=1S/C15H19N3OS/c16-11-15(12-4-2-1-3-5-12)6-8-18(9-7-15)14(19)13(17)10-20/h1-5,13,20H,6-10,17H2/t13-/m0/s1. The Labute approximate surface area is 125 Å². The van der Waals surface area contributed by atoms with E-state index in [9.17, 15) is 10.1 Å². The molecule has 1 saturated heterocycles. The van der Waals surface area contributed by atoms with Gasteiger partial charge < -0.3 is 10.6 Å². The lowest BCUT2D eigenvalue weighted by Crippen LogP contribution is -2.50. The van der Waals surface area contributed by atoms with E-state index in [1.807, 2.05) is 30.3 Å². The van der Waals surface area contributed by atoms with Crippen LogP contribution >= 0.6 is 12.6 Å². The fraction of sp³-hybridized carbons (Fsp3) is 0.467. The van der Waals surface area contributed by atoms with E-state index in [2.05, 4.69) is 18.7 Å². The second-order valence-electron chi connectivity index (χ2n) is 5.17. The van der Waals surface area contributed by atoms with E-state index in [0.717, 1.165) is 5.56 Å². The normalized spacial score (nSPS) is 19.1. The van der Waals surface area contributed by atoms with E-state index in [4.69, 9.17) is 5.73 Å². The fourth-order valence-corrected chi connectivity index (χ4v) is 2.80. The first-order valence-electron chi connectivity index (χ1n) is 6.75. The lowest BCUT2D eigenvalue weighted by Gasteiger charge is -2.38. The minimum absolute atomic E-state index is 0.0698. The van der Waals surface area contributed by atoms with Crippen molar-refractivity contribution in [1.82, 2.24) is 4.90 Å². The first-order valence-corrected chi connectivity index (χ1v) is 7.38. The average Bonchev–Trinajstić information content (AvgIpc) is 2.54. The molecular formula is C15H19N3OS. The molecule has 0 bridgehead atoms. The van der Waals surface area contributed by atoms with Gasteiger partial charge in [-0.1, -0.05) is 30.3 Å². The maximum atomic E-state index is 12.0. The lowest BCUT2D eigenvalue weighted by molar-refractivity contribution is -0.133. The van der Waals surface area contributed by atoms with Crippen molar-refractivity contribution in [2.75, 3.05) is 18.8 Å². The van der Waals surface area contributed by atoms with Crippen molar-refractivity contribution in [3.8, 4) is 6.07 Å². The Morgan fingerprint density at radius 3 is 2.50 bits per heavy atom. The van der Waals surface area contributed by atoms with Gasteiger partial charge in [-0.3, -0.25) is 4.79 Å². The van der Waals surface area contributed by atoms with Gasteiger partial charge in [0.2, 0.25) is 5.91 Å². The van der Waals surface area contributed by atoms with E-state index in [0.29, 0.717) is 31.7 Å². The van der Waals surface area contributed by atoms with Gasteiger partial charge in [0.25, 0.3) is 0 Å². The third kappa shape index (κ3) is 2.82. The first-order chi connectivity index (χ1) is 9.63. The quantitative estimate of drug-likeness (QED) is 0.825. The molecule has 1 heterocycles. The van der Waals surface area contributed by atoms with Gasteiger partial charge >= 0.3 is 0 Å². The highest BCUT2D eigenvalue weighted by atomic mass is 32.1. The fourth-order valence-electron chi connectivity index (χ4n) is 2.64. The predicted molar refractivity (Wildman–Crippen MR) is 81.4 cm³/mol. The summed E-state index contributed by atoms with van der Waals surface area (Å²) in [5.74, 6) is 0.275. The van der Waals surface area contributed by atoms with Gasteiger partial charge in [0, 0.05) is 18.8 Å². The molecular weight excluding hydrogens is 270 g/mol. The Morgan fingerprint density at radius 2 is 2.00 bits per heavy atom. The summed E-state index contributed by atoms with van der Waals surface area (Å²) in [4.78, 5) is 13.8. The number of piperidine rings is 1. The molecule has 0 radical (unpaired) electrons. The summed E-state index contributed by atoms with van der Waals surface area (Å²) < 4.78 is 0. The van der Waals surface area contributed by atoms with Crippen molar-refractivity contribution < 1.29 is 4.79 Å². The summed E-state index contributed by atoms with van der Waals surface area (Å²) in [6.07, 6.45) is 1.30. The number of rotatable bonds is 3. The number of carbonyl (C=O) groups excluding carboxylic acids is 1. The average molecular weight is 289 g/mol. The summed E-state index contributed by atoms with van der Waals surface area (Å²) in [6.45, 7) is 1.14. The monoisotopic (exact) mass is 289 g/mol. The summed E-state index contributed by atoms with van der Waals surface area (Å²) in [5, 5.41) is 9.58. The van der Waals surface area contributed by atoms with Crippen LogP contribution in [0.4, 0.5) is 0 Å². The minimum atomic E-state index is -0.551. The topological polar surface area (TPSA) is 70.1 Å². The number of nitrogens with zero attached hydrogens (tertiary/aromatic N) is 2. The van der Waals surface area contributed by atoms with Crippen LogP contribution in [0.25, 0.3) is 0 Å². The molecule has 0 aliphatic carbocycles. The van der Waals surface area contributed by atoms with Crippen LogP contribution in [0.3, 0.4) is 0 Å². The molecule has 4 nitrogen and oxygen atoms in total. The van der Waals surface area contributed by atoms with E-state index >= 15 is 0 Å². The van der Waals surface area contributed by atoms with Crippen LogP contribution in [-0.2, 0) is 10.2 Å². The number of hydrogen-bond donors (Lipinski definition) is 2. The molecule has 5 heteroatoms. The van der Waals surface area contributed by atoms with Crippen LogP contribution in [0.15, 0.2) is 30.3 Å². The molecule has 106 valence electrons. The highest BCUT2D eigenvalue weighted by Crippen LogP contribution is 2.34. The summed E-state index contributed by atoms with van der Waals surface area (Å²) >= 11 is 4.06. The molecule has 0 aromatic heterocycles. The zero-order chi connectivity index (χ0) is 14.6. The molecule has 0 saturated carbocycles. The van der Waals surface area contributed by atoms with Crippen LogP contribution < -0.4 is 5.73 Å². The number of carbonyl (C=O) groups is 1. The zero-order valence-corrected chi connectivity index (χ0v) is 12.2. The SMILES string of the molecule is N#CC1(c2ccccc2)CCN(C(=O)[C@@H](N)CS)CC1. The third-order valence-electron chi connectivity index (χ3n) is 3.98. The third-order valence-corrected chi connectivity index (χ3v) is 4.38. The van der Waals surface area contributed by atoms with Crippen LogP contribution in [0.1, 0.15) is 18.4 Å². The van der Waals surface area contributed by atoms with E-state index in [-0.39, 0.29) is 5.91 Å². The predicted octanol–water partition coefficient (Wildman–Crippen LogP) is 1.33. The number of likely N-dealkylation sites (tertiary alicyclic amines) is 1. The molecule has 1 amide bonds. The van der Waals surface area contributed by atoms with E-state index in [1.54, 1.807) is 4.90 Å². The van der Waals surface area contributed by atoms with Gasteiger partial charge in [0.05, 0.1) is 17.5 Å². The molecule has 1 aliphatic heterocycles. The lowest BCUT2D eigenvalue weighted by atomic mass is 9.74. The molecule has 20 heavy (non-hydrogen) atoms. The molecule has 1 fully saturated rings. The van der Waals surface area contributed by atoms with Gasteiger partial charge in [-0.15, -0.1) is 0 Å². The Bertz CT molecular complexity index is 504. The van der Waals surface area contributed by atoms with Gasteiger partial charge in [-0.25, -0.2) is 0 Å². The first kappa shape index (κ1) is 14.9. The summed E-state index contributed by atoms with van der Waals surface area (Å²) in [7, 11) is 0. The highest BCUT2D eigenvalue weighted by Gasteiger charge is 2.38. The number of benzene rings is 1. The Balaban J connectivity index is 2.10. The second-order valence-corrected chi connectivity index (χ2v) is 5.54. The molecule has 1 aromatic rings. The number of hydrogen-bond acceptors (Lipinski definition) is 4. The van der Waals surface area contributed by atoms with Crippen molar-refractivity contribution in [3.63, 3.8) is 0 Å². The smallest absolute Gasteiger partial charge is 0.240 e. The van der Waals surface area contributed by atoms with Crippen LogP contribution in [0, 0.1) is 11.3 Å². The van der Waals surface area contributed by atoms with E-state index < -0.39 is 11.5 Å². The molecule has 2 rings (SSSR count). The summed E-state index contributed by atoms with van der Waals surface area (Å²) in [6, 6.07) is 11.7. The van der Waals surface area contributed by atoms with Gasteiger partial charge in [0.15, 0.2) is 0 Å². The van der Waals surface area contributed by atoms with Gasteiger partial charge in [-0.05, 0) is 18.4 Å². The molecule has 1 aliphatic rings. The van der Waals surface area contributed by atoms with Crippen molar-refractivity contribution in [1.29, 1.82) is 5.26 Å². The van der Waals surface area contributed by atoms with Crippen LogP contribution in [-0.4, -0.2) is 35.7 Å². The Hall–Kier alpha value is -1.51. The van der Waals surface area contributed by atoms with Crippen LogP contribution in [0.5, 0.6) is 0 Å². The second kappa shape index (κ2) is 6.29. The number of amides is 1. The number of thiol groups is 1. The van der Waals surface area contributed by atoms with Gasteiger partial charge in [0.1, 0.15) is 0 Å². The molecule has 1 atom stereocenters. The highest BCUT2D eigenvalue weighted by molar-refractivity contribution is 7.80. The van der Waals surface area contributed by atoms with Crippen molar-refractivity contribution >= 4 is 18.5 Å². The molecule has 1 aromatic carbocycles. The minimum Gasteiger partial charge on any atom is -0.341 e. The Morgan fingerprint density at radius 1 is 1.40 bits per heavy atom. The Kier molecular flexibility index (Phi) is 4.69. The number of nitrogens with two attached hydrogens (primary N) is 1. The zero-order valence-electron chi connectivity index (χ0n) is 11.3. The molecule has 0 unspecified atom stereocenters. The summed E-state index contributed by atoms with van der Waals surface area (Å²) in [5.41, 5.74) is 6.28. The molecule has 2 N–H and O–H groups in total. The molecule has 0 spiro atoms. The van der Waals surface area contributed by atoms with Crippen molar-refractivity contribution in [2.45, 2.75) is 24.3 Å². The van der Waals surface area contributed by atoms with Crippen LogP contribution in [0.2, 0.25) is 0 Å². The largest absolute Gasteiger partial charge is 0.341 e. The van der Waals surface area contributed by atoms with Crippen molar-refractivity contribution in [2.24, 2.45) is 5.73 Å². The van der Waals surface area contributed by atoms with Crippen molar-refractivity contribution in [3.05, 3.63) is 35.9 Å². The maximum Gasteiger partial charge on any atom is 0.240 e. The number of nitriles is 1. The van der Waals surface area contributed by atoms with E-state index in [1.165, 1.54) is 0 Å². The maximum absolute atomic E-state index is 12.0.